The Kier molecular flexibility index (Phi) is 3.50. The van der Waals surface area contributed by atoms with Gasteiger partial charge >= 0.3 is 6.03 Å². The second-order valence-corrected chi connectivity index (χ2v) is 3.27. The van der Waals surface area contributed by atoms with E-state index in [0.29, 0.717) is 13.1 Å². The summed E-state index contributed by atoms with van der Waals surface area (Å²) in [5.41, 5.74) is 0. The first-order chi connectivity index (χ1) is 6.16. The Morgan fingerprint density at radius 1 is 1.69 bits per heavy atom. The van der Waals surface area contributed by atoms with E-state index in [4.69, 9.17) is 5.11 Å². The minimum Gasteiger partial charge on any atom is -0.394 e. The number of amides is 2. The molecule has 1 aliphatic heterocycles. The van der Waals surface area contributed by atoms with E-state index in [9.17, 15) is 9.90 Å². The molecule has 1 fully saturated rings. The zero-order chi connectivity index (χ0) is 9.84. The molecule has 0 bridgehead atoms. The van der Waals surface area contributed by atoms with Crippen LogP contribution >= 0.6 is 0 Å². The van der Waals surface area contributed by atoms with Crippen molar-refractivity contribution in [2.45, 2.75) is 25.5 Å². The lowest BCUT2D eigenvalue weighted by molar-refractivity contribution is 0.0279. The van der Waals surface area contributed by atoms with Gasteiger partial charge in [-0.1, -0.05) is 0 Å². The van der Waals surface area contributed by atoms with Crippen LogP contribution in [0.1, 0.15) is 13.3 Å². The van der Waals surface area contributed by atoms with Crippen molar-refractivity contribution in [2.75, 3.05) is 19.7 Å². The van der Waals surface area contributed by atoms with E-state index in [1.807, 2.05) is 0 Å². The number of aliphatic hydroxyl groups excluding tert-OH is 2. The third-order valence-corrected chi connectivity index (χ3v) is 2.35. The summed E-state index contributed by atoms with van der Waals surface area (Å²) >= 11 is 0. The molecule has 2 atom stereocenters. The van der Waals surface area contributed by atoms with E-state index < -0.39 is 6.10 Å². The van der Waals surface area contributed by atoms with E-state index in [-0.39, 0.29) is 18.7 Å². The zero-order valence-electron chi connectivity index (χ0n) is 7.73. The molecule has 1 aliphatic rings. The van der Waals surface area contributed by atoms with Crippen molar-refractivity contribution in [1.82, 2.24) is 10.2 Å². The number of hydrogen-bond donors (Lipinski definition) is 3. The molecule has 0 saturated carbocycles. The van der Waals surface area contributed by atoms with Crippen LogP contribution in [-0.2, 0) is 0 Å². The van der Waals surface area contributed by atoms with Gasteiger partial charge in [0.1, 0.15) is 0 Å². The van der Waals surface area contributed by atoms with Crippen molar-refractivity contribution in [3.8, 4) is 0 Å². The lowest BCUT2D eigenvalue weighted by Crippen LogP contribution is -2.54. The van der Waals surface area contributed by atoms with E-state index in [2.05, 4.69) is 5.32 Å². The van der Waals surface area contributed by atoms with Crippen LogP contribution in [-0.4, -0.2) is 53.0 Å². The normalized spacial score (nSPS) is 22.4. The van der Waals surface area contributed by atoms with Crippen molar-refractivity contribution in [1.29, 1.82) is 0 Å². The van der Waals surface area contributed by atoms with Crippen LogP contribution in [0.15, 0.2) is 0 Å². The third-order valence-electron chi connectivity index (χ3n) is 2.35. The van der Waals surface area contributed by atoms with Crippen molar-refractivity contribution in [2.24, 2.45) is 0 Å². The predicted molar refractivity (Wildman–Crippen MR) is 47.3 cm³/mol. The first-order valence-corrected chi connectivity index (χ1v) is 4.50. The van der Waals surface area contributed by atoms with E-state index in [1.165, 1.54) is 0 Å². The predicted octanol–water partition coefficient (Wildman–Crippen LogP) is -0.857. The molecule has 1 rings (SSSR count). The fourth-order valence-electron chi connectivity index (χ4n) is 1.40. The fraction of sp³-hybridized carbons (Fsp3) is 0.875. The molecule has 13 heavy (non-hydrogen) atoms. The van der Waals surface area contributed by atoms with Crippen molar-refractivity contribution in [3.05, 3.63) is 0 Å². The van der Waals surface area contributed by atoms with Crippen LogP contribution in [0.5, 0.6) is 0 Å². The fourth-order valence-corrected chi connectivity index (χ4v) is 1.40. The average molecular weight is 188 g/mol. The lowest BCUT2D eigenvalue weighted by Gasteiger charge is -2.34. The Bertz CT molecular complexity index is 186. The standard InChI is InChI=1S/C8H16N2O3/c1-6(7(12)5-11)10-4-2-3-9-8(10)13/h6-7,11-12H,2-5H2,1H3,(H,9,13). The highest BCUT2D eigenvalue weighted by molar-refractivity contribution is 5.75. The van der Waals surface area contributed by atoms with E-state index >= 15 is 0 Å². The summed E-state index contributed by atoms with van der Waals surface area (Å²) in [6.07, 6.45) is 0.0256. The van der Waals surface area contributed by atoms with Crippen molar-refractivity contribution < 1.29 is 15.0 Å². The Hall–Kier alpha value is -0.810. The summed E-state index contributed by atoms with van der Waals surface area (Å²) in [7, 11) is 0. The summed E-state index contributed by atoms with van der Waals surface area (Å²) in [5, 5.41) is 20.7. The number of rotatable bonds is 3. The summed E-state index contributed by atoms with van der Waals surface area (Å²) in [4.78, 5) is 12.8. The number of hydrogen-bond acceptors (Lipinski definition) is 3. The van der Waals surface area contributed by atoms with Crippen molar-refractivity contribution in [3.63, 3.8) is 0 Å². The number of aliphatic hydroxyl groups is 2. The molecule has 1 heterocycles. The SMILES string of the molecule is CC(C(O)CO)N1CCCNC1=O. The summed E-state index contributed by atoms with van der Waals surface area (Å²) in [5.74, 6) is 0. The van der Waals surface area contributed by atoms with E-state index in [0.717, 1.165) is 6.42 Å². The second-order valence-electron chi connectivity index (χ2n) is 3.27. The minimum atomic E-state index is -0.858. The molecule has 0 aromatic heterocycles. The van der Waals surface area contributed by atoms with Gasteiger partial charge < -0.3 is 20.4 Å². The molecule has 3 N–H and O–H groups in total. The van der Waals surface area contributed by atoms with Crippen LogP contribution in [0.4, 0.5) is 4.79 Å². The van der Waals surface area contributed by atoms with Crippen LogP contribution in [0.2, 0.25) is 0 Å². The Morgan fingerprint density at radius 2 is 2.38 bits per heavy atom. The molecule has 0 aromatic carbocycles. The quantitative estimate of drug-likeness (QED) is 0.540. The van der Waals surface area contributed by atoms with Crippen LogP contribution in [0, 0.1) is 0 Å². The van der Waals surface area contributed by atoms with Gasteiger partial charge in [-0.2, -0.15) is 0 Å². The second kappa shape index (κ2) is 4.43. The minimum absolute atomic E-state index is 0.161. The monoisotopic (exact) mass is 188 g/mol. The maximum Gasteiger partial charge on any atom is 0.317 e. The van der Waals surface area contributed by atoms with Gasteiger partial charge in [0.05, 0.1) is 18.8 Å². The van der Waals surface area contributed by atoms with Gasteiger partial charge in [-0.05, 0) is 13.3 Å². The molecule has 5 heteroatoms. The molecule has 0 aliphatic carbocycles. The Morgan fingerprint density at radius 3 is 2.92 bits per heavy atom. The highest BCUT2D eigenvalue weighted by atomic mass is 16.3. The summed E-state index contributed by atoms with van der Waals surface area (Å²) < 4.78 is 0. The van der Waals surface area contributed by atoms with Crippen LogP contribution in [0.25, 0.3) is 0 Å². The highest BCUT2D eigenvalue weighted by Gasteiger charge is 2.27. The number of carbonyl (C=O) groups is 1. The Labute approximate surface area is 77.3 Å². The molecule has 2 amide bonds. The topological polar surface area (TPSA) is 72.8 Å². The molecule has 0 aromatic rings. The van der Waals surface area contributed by atoms with Crippen LogP contribution in [0.3, 0.4) is 0 Å². The third kappa shape index (κ3) is 2.32. The van der Waals surface area contributed by atoms with Gasteiger partial charge in [-0.15, -0.1) is 0 Å². The zero-order valence-corrected chi connectivity index (χ0v) is 7.73. The van der Waals surface area contributed by atoms with Crippen LogP contribution < -0.4 is 5.32 Å². The molecular formula is C8H16N2O3. The molecule has 0 spiro atoms. The molecule has 2 unspecified atom stereocenters. The smallest absolute Gasteiger partial charge is 0.317 e. The first kappa shape index (κ1) is 10.3. The maximum atomic E-state index is 11.3. The van der Waals surface area contributed by atoms with E-state index in [1.54, 1.807) is 11.8 Å². The van der Waals surface area contributed by atoms with Gasteiger partial charge in [-0.25, -0.2) is 4.79 Å². The molecular weight excluding hydrogens is 172 g/mol. The number of nitrogens with one attached hydrogen (secondary N) is 1. The van der Waals surface area contributed by atoms with Crippen molar-refractivity contribution >= 4 is 6.03 Å². The number of nitrogens with zero attached hydrogens (tertiary/aromatic N) is 1. The first-order valence-electron chi connectivity index (χ1n) is 4.50. The molecule has 5 nitrogen and oxygen atoms in total. The molecule has 1 saturated heterocycles. The van der Waals surface area contributed by atoms with Gasteiger partial charge in [0.15, 0.2) is 0 Å². The largest absolute Gasteiger partial charge is 0.394 e. The lowest BCUT2D eigenvalue weighted by atomic mass is 10.1. The maximum absolute atomic E-state index is 11.3. The molecule has 76 valence electrons. The molecule has 0 radical (unpaired) electrons. The van der Waals surface area contributed by atoms with Gasteiger partial charge in [0, 0.05) is 13.1 Å². The Balaban J connectivity index is 2.53. The number of carbonyl (C=O) groups excluding carboxylic acids is 1. The van der Waals surface area contributed by atoms with Gasteiger partial charge in [0.2, 0.25) is 0 Å². The van der Waals surface area contributed by atoms with Gasteiger partial charge in [0.25, 0.3) is 0 Å². The summed E-state index contributed by atoms with van der Waals surface area (Å²) in [6, 6.07) is -0.489. The van der Waals surface area contributed by atoms with Gasteiger partial charge in [-0.3, -0.25) is 0 Å². The highest BCUT2D eigenvalue weighted by Crippen LogP contribution is 2.08. The average Bonchev–Trinajstić information content (AvgIpc) is 2.16. The summed E-state index contributed by atoms with van der Waals surface area (Å²) in [6.45, 7) is 2.75. The number of urea groups is 1.